The Kier molecular flexibility index (Phi) is 9.86. The smallest absolute Gasteiger partial charge is 0.226 e. The lowest BCUT2D eigenvalue weighted by Gasteiger charge is -2.27. The molecule has 1 saturated heterocycles. The van der Waals surface area contributed by atoms with Gasteiger partial charge in [0.05, 0.1) is 12.7 Å². The summed E-state index contributed by atoms with van der Waals surface area (Å²) in [6.45, 7) is 3.56. The van der Waals surface area contributed by atoms with Gasteiger partial charge in [-0.25, -0.2) is 0 Å². The highest BCUT2D eigenvalue weighted by atomic mass is 16.5. The molecule has 34 heavy (non-hydrogen) atoms. The highest BCUT2D eigenvalue weighted by Crippen LogP contribution is 2.29. The van der Waals surface area contributed by atoms with Gasteiger partial charge in [-0.1, -0.05) is 61.5 Å². The van der Waals surface area contributed by atoms with Crippen LogP contribution in [0.2, 0.25) is 0 Å². The van der Waals surface area contributed by atoms with Crippen LogP contribution in [0.15, 0.2) is 66.7 Å². The zero-order valence-electron chi connectivity index (χ0n) is 20.2. The fourth-order valence-corrected chi connectivity index (χ4v) is 4.41. The van der Waals surface area contributed by atoms with Crippen LogP contribution in [-0.4, -0.2) is 48.6 Å². The van der Waals surface area contributed by atoms with Gasteiger partial charge in [0, 0.05) is 51.2 Å². The Balaban J connectivity index is 1.58. The van der Waals surface area contributed by atoms with Gasteiger partial charge in [-0.15, -0.1) is 0 Å². The molecule has 0 radical (unpaired) electrons. The number of anilines is 1. The van der Waals surface area contributed by atoms with Gasteiger partial charge in [-0.2, -0.15) is 0 Å². The first-order valence-electron chi connectivity index (χ1n) is 12.1. The summed E-state index contributed by atoms with van der Waals surface area (Å²) in [7, 11) is 1.69. The molecule has 1 aliphatic rings. The zero-order chi connectivity index (χ0) is 24.3. The van der Waals surface area contributed by atoms with Crippen molar-refractivity contribution in [3.63, 3.8) is 0 Å². The molecule has 2 atom stereocenters. The van der Waals surface area contributed by atoms with Gasteiger partial charge in [0.25, 0.3) is 0 Å². The standard InChI is InChI=1S/C28H36N2O4/c1-22(9-8-13-26(32)29(19-20-31)21-23-10-4-3-5-11-23)28(34-2)24-14-16-25(17-15-24)30-18-7-6-12-27(30)33/h3-5,8-11,14-17,22,28,31H,6-7,12-13,18-21H2,1-2H3/b9-8+/t22-,28+/m0/s1. The van der Waals surface area contributed by atoms with E-state index < -0.39 is 0 Å². The lowest BCUT2D eigenvalue weighted by molar-refractivity contribution is -0.131. The monoisotopic (exact) mass is 464 g/mol. The van der Waals surface area contributed by atoms with Crippen molar-refractivity contribution in [2.24, 2.45) is 5.92 Å². The van der Waals surface area contributed by atoms with Gasteiger partial charge in [0.1, 0.15) is 0 Å². The quantitative estimate of drug-likeness (QED) is 0.497. The summed E-state index contributed by atoms with van der Waals surface area (Å²) in [5, 5.41) is 9.38. The molecular weight excluding hydrogens is 428 g/mol. The fourth-order valence-electron chi connectivity index (χ4n) is 4.41. The maximum Gasteiger partial charge on any atom is 0.226 e. The van der Waals surface area contributed by atoms with Crippen LogP contribution in [0.1, 0.15) is 49.8 Å². The maximum atomic E-state index is 12.7. The molecule has 2 amide bonds. The van der Waals surface area contributed by atoms with Crippen molar-refractivity contribution in [1.29, 1.82) is 0 Å². The number of aliphatic hydroxyl groups excluding tert-OH is 1. The molecule has 1 fully saturated rings. The number of benzene rings is 2. The fraction of sp³-hybridized carbons (Fsp3) is 0.429. The number of hydrogen-bond acceptors (Lipinski definition) is 4. The van der Waals surface area contributed by atoms with Crippen molar-refractivity contribution < 1.29 is 19.4 Å². The van der Waals surface area contributed by atoms with Crippen molar-refractivity contribution in [2.75, 3.05) is 31.7 Å². The third-order valence-electron chi connectivity index (χ3n) is 6.26. The second-order valence-corrected chi connectivity index (χ2v) is 8.77. The number of carbonyl (C=O) groups excluding carboxylic acids is 2. The average Bonchev–Trinajstić information content (AvgIpc) is 2.85. The summed E-state index contributed by atoms with van der Waals surface area (Å²) in [4.78, 5) is 28.5. The highest BCUT2D eigenvalue weighted by Gasteiger charge is 2.21. The molecule has 3 rings (SSSR count). The predicted octanol–water partition coefficient (Wildman–Crippen LogP) is 4.49. The molecule has 2 aromatic rings. The third kappa shape index (κ3) is 7.02. The normalized spacial score (nSPS) is 16.0. The first kappa shape index (κ1) is 25.7. The van der Waals surface area contributed by atoms with E-state index in [-0.39, 0.29) is 36.9 Å². The lowest BCUT2D eigenvalue weighted by Crippen LogP contribution is -2.35. The van der Waals surface area contributed by atoms with E-state index >= 15 is 0 Å². The van der Waals surface area contributed by atoms with E-state index in [9.17, 15) is 14.7 Å². The number of aliphatic hydroxyl groups is 1. The van der Waals surface area contributed by atoms with Crippen LogP contribution >= 0.6 is 0 Å². The van der Waals surface area contributed by atoms with Gasteiger partial charge >= 0.3 is 0 Å². The van der Waals surface area contributed by atoms with Gasteiger partial charge < -0.3 is 19.6 Å². The molecule has 0 unspecified atom stereocenters. The van der Waals surface area contributed by atoms with Crippen LogP contribution in [0.25, 0.3) is 0 Å². The number of hydrogen-bond donors (Lipinski definition) is 1. The van der Waals surface area contributed by atoms with Gasteiger partial charge in [-0.3, -0.25) is 9.59 Å². The minimum absolute atomic E-state index is 0.0223. The van der Waals surface area contributed by atoms with Crippen LogP contribution in [0.3, 0.4) is 0 Å². The summed E-state index contributed by atoms with van der Waals surface area (Å²) in [6, 6.07) is 17.8. The first-order chi connectivity index (χ1) is 16.5. The Labute approximate surface area is 202 Å². The summed E-state index contributed by atoms with van der Waals surface area (Å²) in [6.07, 6.45) is 6.62. The third-order valence-corrected chi connectivity index (χ3v) is 6.26. The Hall–Kier alpha value is -2.96. The number of rotatable bonds is 11. The summed E-state index contributed by atoms with van der Waals surface area (Å²) in [5.74, 6) is 0.220. The highest BCUT2D eigenvalue weighted by molar-refractivity contribution is 5.93. The molecule has 0 bridgehead atoms. The number of methoxy groups -OCH3 is 1. The molecular formula is C28H36N2O4. The summed E-state index contributed by atoms with van der Waals surface area (Å²) < 4.78 is 5.77. The minimum Gasteiger partial charge on any atom is -0.395 e. The van der Waals surface area contributed by atoms with Gasteiger partial charge in [-0.05, 0) is 36.1 Å². The average molecular weight is 465 g/mol. The van der Waals surface area contributed by atoms with E-state index in [2.05, 4.69) is 6.92 Å². The molecule has 1 heterocycles. The Morgan fingerprint density at radius 2 is 1.88 bits per heavy atom. The molecule has 0 saturated carbocycles. The second kappa shape index (κ2) is 13.1. The van der Waals surface area contributed by atoms with E-state index in [0.717, 1.165) is 36.2 Å². The number of carbonyl (C=O) groups is 2. The largest absolute Gasteiger partial charge is 0.395 e. The molecule has 0 spiro atoms. The van der Waals surface area contributed by atoms with Crippen molar-refractivity contribution >= 4 is 17.5 Å². The molecule has 2 aromatic carbocycles. The number of nitrogens with zero attached hydrogens (tertiary/aromatic N) is 2. The Morgan fingerprint density at radius 3 is 2.53 bits per heavy atom. The summed E-state index contributed by atoms with van der Waals surface area (Å²) >= 11 is 0. The molecule has 1 N–H and O–H groups in total. The predicted molar refractivity (Wildman–Crippen MR) is 134 cm³/mol. The van der Waals surface area contributed by atoms with E-state index in [1.807, 2.05) is 71.6 Å². The van der Waals surface area contributed by atoms with Crippen LogP contribution in [0.5, 0.6) is 0 Å². The van der Waals surface area contributed by atoms with E-state index in [1.165, 1.54) is 0 Å². The number of ether oxygens (including phenoxy) is 1. The first-order valence-corrected chi connectivity index (χ1v) is 12.1. The minimum atomic E-state index is -0.157. The lowest BCUT2D eigenvalue weighted by atomic mass is 9.96. The molecule has 1 aliphatic heterocycles. The van der Waals surface area contributed by atoms with Crippen LogP contribution < -0.4 is 4.90 Å². The van der Waals surface area contributed by atoms with E-state index in [0.29, 0.717) is 19.5 Å². The van der Waals surface area contributed by atoms with Crippen LogP contribution in [-0.2, 0) is 20.9 Å². The summed E-state index contributed by atoms with van der Waals surface area (Å²) in [5.41, 5.74) is 3.00. The number of amides is 2. The molecule has 182 valence electrons. The van der Waals surface area contributed by atoms with Gasteiger partial charge in [0.2, 0.25) is 11.8 Å². The molecule has 6 heteroatoms. The Morgan fingerprint density at radius 1 is 1.15 bits per heavy atom. The molecule has 6 nitrogen and oxygen atoms in total. The topological polar surface area (TPSA) is 70.1 Å². The maximum absolute atomic E-state index is 12.7. The van der Waals surface area contributed by atoms with Crippen molar-refractivity contribution in [3.05, 3.63) is 77.9 Å². The van der Waals surface area contributed by atoms with E-state index in [1.54, 1.807) is 12.0 Å². The van der Waals surface area contributed by atoms with Gasteiger partial charge in [0.15, 0.2) is 0 Å². The van der Waals surface area contributed by atoms with Crippen molar-refractivity contribution in [1.82, 2.24) is 4.90 Å². The van der Waals surface area contributed by atoms with Crippen LogP contribution in [0.4, 0.5) is 5.69 Å². The molecule has 0 aromatic heterocycles. The Bertz CT molecular complexity index is 943. The van der Waals surface area contributed by atoms with E-state index in [4.69, 9.17) is 4.74 Å². The molecule has 0 aliphatic carbocycles. The van der Waals surface area contributed by atoms with Crippen molar-refractivity contribution in [3.8, 4) is 0 Å². The number of piperidine rings is 1. The van der Waals surface area contributed by atoms with Crippen LogP contribution in [0, 0.1) is 5.92 Å². The zero-order valence-corrected chi connectivity index (χ0v) is 20.2. The van der Waals surface area contributed by atoms with Crippen molar-refractivity contribution in [2.45, 2.75) is 45.3 Å². The second-order valence-electron chi connectivity index (χ2n) is 8.77. The SMILES string of the molecule is CO[C@@H](c1ccc(N2CCCCC2=O)cc1)[C@@H](C)/C=C/CC(=O)N(CCO)Cc1ccccc1.